The second-order valence-corrected chi connectivity index (χ2v) is 4.98. The molecule has 4 nitrogen and oxygen atoms in total. The van der Waals surface area contributed by atoms with Gasteiger partial charge < -0.3 is 15.4 Å². The molecule has 1 amide bonds. The SMILES string of the molecule is C=CCCC(C)Nc1cc2c(cc1Cl)NC(=O)CO2. The maximum atomic E-state index is 11.2. The Bertz CT molecular complexity index is 502. The summed E-state index contributed by atoms with van der Waals surface area (Å²) in [4.78, 5) is 11.2. The minimum atomic E-state index is -0.163. The molecular weight excluding hydrogens is 264 g/mol. The van der Waals surface area contributed by atoms with Crippen molar-refractivity contribution in [2.24, 2.45) is 0 Å². The van der Waals surface area contributed by atoms with Crippen molar-refractivity contribution >= 4 is 28.9 Å². The number of hydrogen-bond donors (Lipinski definition) is 2. The third-order valence-corrected chi connectivity index (χ3v) is 3.22. The molecule has 0 saturated carbocycles. The van der Waals surface area contributed by atoms with E-state index in [0.29, 0.717) is 16.5 Å². The molecule has 1 atom stereocenters. The van der Waals surface area contributed by atoms with E-state index in [1.807, 2.05) is 12.1 Å². The highest BCUT2D eigenvalue weighted by Crippen LogP contribution is 2.36. The summed E-state index contributed by atoms with van der Waals surface area (Å²) in [5.74, 6) is 0.478. The molecule has 1 aliphatic heterocycles. The third-order valence-electron chi connectivity index (χ3n) is 2.91. The lowest BCUT2D eigenvalue weighted by Gasteiger charge is -2.21. The van der Waals surface area contributed by atoms with Gasteiger partial charge in [0.05, 0.1) is 16.4 Å². The van der Waals surface area contributed by atoms with Gasteiger partial charge in [0, 0.05) is 12.1 Å². The topological polar surface area (TPSA) is 50.4 Å². The summed E-state index contributed by atoms with van der Waals surface area (Å²) in [6.45, 7) is 5.83. The van der Waals surface area contributed by atoms with Gasteiger partial charge in [-0.05, 0) is 25.8 Å². The van der Waals surface area contributed by atoms with E-state index in [4.69, 9.17) is 16.3 Å². The Kier molecular flexibility index (Phi) is 4.32. The first-order valence-electron chi connectivity index (χ1n) is 6.23. The average molecular weight is 281 g/mol. The summed E-state index contributed by atoms with van der Waals surface area (Å²) in [5, 5.41) is 6.62. The Morgan fingerprint density at radius 2 is 2.42 bits per heavy atom. The lowest BCUT2D eigenvalue weighted by molar-refractivity contribution is -0.118. The number of fused-ring (bicyclic) bond motifs is 1. The van der Waals surface area contributed by atoms with Gasteiger partial charge in [0.15, 0.2) is 6.61 Å². The second-order valence-electron chi connectivity index (χ2n) is 4.58. The lowest BCUT2D eigenvalue weighted by atomic mass is 10.1. The summed E-state index contributed by atoms with van der Waals surface area (Å²) < 4.78 is 5.37. The van der Waals surface area contributed by atoms with E-state index in [2.05, 4.69) is 24.1 Å². The highest BCUT2D eigenvalue weighted by Gasteiger charge is 2.18. The van der Waals surface area contributed by atoms with Crippen LogP contribution in [0.4, 0.5) is 11.4 Å². The zero-order chi connectivity index (χ0) is 13.8. The Labute approximate surface area is 117 Å². The van der Waals surface area contributed by atoms with Crippen molar-refractivity contribution in [3.05, 3.63) is 29.8 Å². The number of ether oxygens (including phenoxy) is 1. The molecule has 1 aliphatic rings. The molecule has 1 aromatic carbocycles. The van der Waals surface area contributed by atoms with Crippen LogP contribution >= 0.6 is 11.6 Å². The standard InChI is InChI=1S/C14H17ClN2O2/c1-3-4-5-9(2)16-11-7-13-12(6-10(11)15)17-14(18)8-19-13/h3,6-7,9,16H,1,4-5,8H2,2H3,(H,17,18). The maximum absolute atomic E-state index is 11.2. The number of carbonyl (C=O) groups is 1. The monoisotopic (exact) mass is 280 g/mol. The van der Waals surface area contributed by atoms with Crippen molar-refractivity contribution in [1.29, 1.82) is 0 Å². The molecule has 0 aromatic heterocycles. The van der Waals surface area contributed by atoms with Crippen LogP contribution in [0.1, 0.15) is 19.8 Å². The van der Waals surface area contributed by atoms with E-state index in [1.54, 1.807) is 6.07 Å². The summed E-state index contributed by atoms with van der Waals surface area (Å²) in [5.41, 5.74) is 1.43. The molecule has 0 aliphatic carbocycles. The molecule has 19 heavy (non-hydrogen) atoms. The van der Waals surface area contributed by atoms with Gasteiger partial charge in [-0.25, -0.2) is 0 Å². The minimum absolute atomic E-state index is 0.0418. The molecule has 5 heteroatoms. The molecule has 0 bridgehead atoms. The fourth-order valence-corrected chi connectivity index (χ4v) is 2.13. The number of benzene rings is 1. The van der Waals surface area contributed by atoms with E-state index in [-0.39, 0.29) is 18.6 Å². The van der Waals surface area contributed by atoms with Crippen molar-refractivity contribution in [3.63, 3.8) is 0 Å². The van der Waals surface area contributed by atoms with Gasteiger partial charge in [0.25, 0.3) is 5.91 Å². The second kappa shape index (κ2) is 5.97. The first-order chi connectivity index (χ1) is 9.10. The van der Waals surface area contributed by atoms with Crippen LogP contribution in [0.25, 0.3) is 0 Å². The Balaban J connectivity index is 2.13. The molecule has 1 aromatic rings. The van der Waals surface area contributed by atoms with E-state index in [9.17, 15) is 4.79 Å². The van der Waals surface area contributed by atoms with Crippen molar-refractivity contribution in [3.8, 4) is 5.75 Å². The number of carbonyl (C=O) groups excluding carboxylic acids is 1. The molecule has 1 heterocycles. The average Bonchev–Trinajstić information content (AvgIpc) is 2.37. The molecular formula is C14H17ClN2O2. The first-order valence-corrected chi connectivity index (χ1v) is 6.61. The van der Waals surface area contributed by atoms with E-state index in [0.717, 1.165) is 18.5 Å². The van der Waals surface area contributed by atoms with Crippen LogP contribution in [0.5, 0.6) is 5.75 Å². The quantitative estimate of drug-likeness (QED) is 0.813. The van der Waals surface area contributed by atoms with Crippen LogP contribution in [0.15, 0.2) is 24.8 Å². The molecule has 102 valence electrons. The molecule has 2 rings (SSSR count). The molecule has 1 unspecified atom stereocenters. The van der Waals surface area contributed by atoms with Gasteiger partial charge in [0.1, 0.15) is 5.75 Å². The summed E-state index contributed by atoms with van der Waals surface area (Å²) >= 11 is 6.20. The van der Waals surface area contributed by atoms with Crippen LogP contribution in [0, 0.1) is 0 Å². The van der Waals surface area contributed by atoms with Crippen LogP contribution < -0.4 is 15.4 Å². The Morgan fingerprint density at radius 3 is 3.16 bits per heavy atom. The van der Waals surface area contributed by atoms with Crippen molar-refractivity contribution in [1.82, 2.24) is 0 Å². The molecule has 0 radical (unpaired) electrons. The molecule has 2 N–H and O–H groups in total. The van der Waals surface area contributed by atoms with Crippen LogP contribution in [-0.2, 0) is 4.79 Å². The van der Waals surface area contributed by atoms with Gasteiger partial charge in [-0.3, -0.25) is 4.79 Å². The highest BCUT2D eigenvalue weighted by molar-refractivity contribution is 6.33. The minimum Gasteiger partial charge on any atom is -0.482 e. The zero-order valence-corrected chi connectivity index (χ0v) is 11.6. The van der Waals surface area contributed by atoms with E-state index < -0.39 is 0 Å². The predicted octanol–water partition coefficient (Wildman–Crippen LogP) is 3.44. The summed E-state index contributed by atoms with van der Waals surface area (Å²) in [6.07, 6.45) is 3.82. The number of halogens is 1. The Hall–Kier alpha value is -1.68. The number of hydrogen-bond acceptors (Lipinski definition) is 3. The van der Waals surface area contributed by atoms with Crippen LogP contribution in [0.3, 0.4) is 0 Å². The predicted molar refractivity (Wildman–Crippen MR) is 78.1 cm³/mol. The van der Waals surface area contributed by atoms with Crippen LogP contribution in [-0.4, -0.2) is 18.6 Å². The van der Waals surface area contributed by atoms with E-state index >= 15 is 0 Å². The highest BCUT2D eigenvalue weighted by atomic mass is 35.5. The zero-order valence-electron chi connectivity index (χ0n) is 10.8. The lowest BCUT2D eigenvalue weighted by Crippen LogP contribution is -2.25. The van der Waals surface area contributed by atoms with Gasteiger partial charge in [0.2, 0.25) is 0 Å². The first kappa shape index (κ1) is 13.7. The summed E-state index contributed by atoms with van der Waals surface area (Å²) in [6, 6.07) is 3.81. The van der Waals surface area contributed by atoms with Gasteiger partial charge in [-0.1, -0.05) is 17.7 Å². The molecule has 0 saturated heterocycles. The third kappa shape index (κ3) is 3.41. The fraction of sp³-hybridized carbons (Fsp3) is 0.357. The number of amides is 1. The number of allylic oxidation sites excluding steroid dienone is 1. The molecule has 0 spiro atoms. The summed E-state index contributed by atoms with van der Waals surface area (Å²) in [7, 11) is 0. The van der Waals surface area contributed by atoms with Gasteiger partial charge in [-0.15, -0.1) is 6.58 Å². The smallest absolute Gasteiger partial charge is 0.262 e. The van der Waals surface area contributed by atoms with Crippen molar-refractivity contribution in [2.75, 3.05) is 17.2 Å². The van der Waals surface area contributed by atoms with Crippen LogP contribution in [0.2, 0.25) is 5.02 Å². The van der Waals surface area contributed by atoms with E-state index in [1.165, 1.54) is 0 Å². The Morgan fingerprint density at radius 1 is 1.63 bits per heavy atom. The van der Waals surface area contributed by atoms with Gasteiger partial charge >= 0.3 is 0 Å². The van der Waals surface area contributed by atoms with Crippen molar-refractivity contribution < 1.29 is 9.53 Å². The van der Waals surface area contributed by atoms with Gasteiger partial charge in [-0.2, -0.15) is 0 Å². The largest absolute Gasteiger partial charge is 0.482 e. The number of nitrogens with one attached hydrogen (secondary N) is 2. The molecule has 0 fully saturated rings. The number of rotatable bonds is 5. The van der Waals surface area contributed by atoms with Crippen molar-refractivity contribution in [2.45, 2.75) is 25.8 Å². The maximum Gasteiger partial charge on any atom is 0.262 e. The fourth-order valence-electron chi connectivity index (χ4n) is 1.92. The number of anilines is 2. The normalized spacial score (nSPS) is 14.9.